The van der Waals surface area contributed by atoms with Crippen molar-refractivity contribution in [1.82, 2.24) is 0 Å². The van der Waals surface area contributed by atoms with Crippen LogP contribution in [0.2, 0.25) is 0 Å². The second-order valence-corrected chi connectivity index (χ2v) is 6.72. The van der Waals surface area contributed by atoms with Crippen molar-refractivity contribution < 1.29 is 5.11 Å². The van der Waals surface area contributed by atoms with Crippen LogP contribution in [0.15, 0.2) is 15.9 Å². The summed E-state index contributed by atoms with van der Waals surface area (Å²) in [4.78, 5) is 1.29. The molecule has 1 nitrogen and oxygen atoms in total. The molecule has 0 radical (unpaired) electrons. The van der Waals surface area contributed by atoms with Crippen LogP contribution < -0.4 is 0 Å². The summed E-state index contributed by atoms with van der Waals surface area (Å²) in [6, 6.07) is 4.17. The Labute approximate surface area is 97.3 Å². The van der Waals surface area contributed by atoms with Crippen molar-refractivity contribution in [3.05, 3.63) is 20.8 Å². The summed E-state index contributed by atoms with van der Waals surface area (Å²) in [6.07, 6.45) is 6.44. The molecule has 78 valence electrons. The first-order valence-corrected chi connectivity index (χ1v) is 6.76. The first kappa shape index (κ1) is 10.7. The minimum absolute atomic E-state index is 0.414. The average Bonchev–Trinajstić information content (AvgIpc) is 2.51. The van der Waals surface area contributed by atoms with E-state index in [4.69, 9.17) is 0 Å². The summed E-state index contributed by atoms with van der Waals surface area (Å²) in [5, 5.41) is 10.3. The maximum Gasteiger partial charge on any atom is 0.0701 e. The van der Waals surface area contributed by atoms with Gasteiger partial charge in [-0.15, -0.1) is 11.3 Å². The molecule has 0 unspecified atom stereocenters. The van der Waals surface area contributed by atoms with Gasteiger partial charge in [-0.25, -0.2) is 0 Å². The van der Waals surface area contributed by atoms with Crippen molar-refractivity contribution in [3.8, 4) is 0 Å². The van der Waals surface area contributed by atoms with Crippen LogP contribution in [-0.2, 0) is 6.42 Å². The topological polar surface area (TPSA) is 20.2 Å². The molecular formula is C11H15BrOS. The van der Waals surface area contributed by atoms with Crippen molar-refractivity contribution in [2.45, 2.75) is 44.1 Å². The van der Waals surface area contributed by atoms with E-state index in [9.17, 15) is 5.11 Å². The normalized spacial score (nSPS) is 21.0. The van der Waals surface area contributed by atoms with Gasteiger partial charge in [-0.1, -0.05) is 19.3 Å². The van der Waals surface area contributed by atoms with Crippen LogP contribution in [0, 0.1) is 0 Å². The Kier molecular flexibility index (Phi) is 3.30. The molecule has 1 saturated carbocycles. The van der Waals surface area contributed by atoms with E-state index >= 15 is 0 Å². The van der Waals surface area contributed by atoms with E-state index < -0.39 is 5.60 Å². The molecule has 1 fully saturated rings. The molecule has 2 rings (SSSR count). The van der Waals surface area contributed by atoms with Crippen molar-refractivity contribution in [3.63, 3.8) is 0 Å². The minimum Gasteiger partial charge on any atom is -0.390 e. The number of hydrogen-bond acceptors (Lipinski definition) is 2. The maximum atomic E-state index is 10.3. The zero-order chi connectivity index (χ0) is 10.0. The summed E-state index contributed by atoms with van der Waals surface area (Å²) in [5.74, 6) is 0. The maximum absolute atomic E-state index is 10.3. The van der Waals surface area contributed by atoms with E-state index in [1.807, 2.05) is 0 Å². The predicted octanol–water partition coefficient (Wildman–Crippen LogP) is 3.75. The zero-order valence-corrected chi connectivity index (χ0v) is 10.5. The van der Waals surface area contributed by atoms with Gasteiger partial charge in [0.15, 0.2) is 0 Å². The second-order valence-electron chi connectivity index (χ2n) is 4.17. The van der Waals surface area contributed by atoms with Gasteiger partial charge in [-0.2, -0.15) is 0 Å². The summed E-state index contributed by atoms with van der Waals surface area (Å²) in [6.45, 7) is 0. The van der Waals surface area contributed by atoms with E-state index in [2.05, 4.69) is 28.1 Å². The van der Waals surface area contributed by atoms with Crippen molar-refractivity contribution in [2.75, 3.05) is 0 Å². The standard InChI is InChI=1S/C11H15BrOS/c12-10-5-4-9(14-10)8-11(13)6-2-1-3-7-11/h4-5,13H,1-3,6-8H2. The van der Waals surface area contributed by atoms with Crippen LogP contribution in [0.4, 0.5) is 0 Å². The van der Waals surface area contributed by atoms with E-state index in [0.29, 0.717) is 0 Å². The molecule has 0 atom stereocenters. The molecular weight excluding hydrogens is 260 g/mol. The third-order valence-electron chi connectivity index (χ3n) is 2.92. The lowest BCUT2D eigenvalue weighted by molar-refractivity contribution is 0.00519. The fourth-order valence-corrected chi connectivity index (χ4v) is 3.78. The molecule has 0 spiro atoms. The van der Waals surface area contributed by atoms with E-state index in [-0.39, 0.29) is 0 Å². The van der Waals surface area contributed by atoms with Gasteiger partial charge >= 0.3 is 0 Å². The Hall–Kier alpha value is 0.140. The molecule has 0 aliphatic heterocycles. The zero-order valence-electron chi connectivity index (χ0n) is 8.13. The summed E-state index contributed by atoms with van der Waals surface area (Å²) in [7, 11) is 0. The largest absolute Gasteiger partial charge is 0.390 e. The third-order valence-corrected chi connectivity index (χ3v) is 4.54. The molecule has 1 aromatic heterocycles. The van der Waals surface area contributed by atoms with Crippen LogP contribution in [0.5, 0.6) is 0 Å². The van der Waals surface area contributed by atoms with Gasteiger partial charge in [-0.3, -0.25) is 0 Å². The fourth-order valence-electron chi connectivity index (χ4n) is 2.16. The van der Waals surface area contributed by atoms with Gasteiger partial charge in [0.1, 0.15) is 0 Å². The highest BCUT2D eigenvalue weighted by molar-refractivity contribution is 9.11. The van der Waals surface area contributed by atoms with Gasteiger partial charge in [0.2, 0.25) is 0 Å². The highest BCUT2D eigenvalue weighted by Gasteiger charge is 2.29. The Morgan fingerprint density at radius 3 is 2.57 bits per heavy atom. The fraction of sp³-hybridized carbons (Fsp3) is 0.636. The van der Waals surface area contributed by atoms with Gasteiger partial charge in [0.05, 0.1) is 9.39 Å². The van der Waals surface area contributed by atoms with Gasteiger partial charge in [0.25, 0.3) is 0 Å². The number of rotatable bonds is 2. The monoisotopic (exact) mass is 274 g/mol. The van der Waals surface area contributed by atoms with E-state index in [1.54, 1.807) is 11.3 Å². The summed E-state index contributed by atoms with van der Waals surface area (Å²) >= 11 is 5.19. The lowest BCUT2D eigenvalue weighted by Gasteiger charge is -2.31. The van der Waals surface area contributed by atoms with Crippen molar-refractivity contribution in [2.24, 2.45) is 0 Å². The van der Waals surface area contributed by atoms with Crippen LogP contribution in [0.3, 0.4) is 0 Å². The smallest absolute Gasteiger partial charge is 0.0701 e. The third kappa shape index (κ3) is 2.59. The van der Waals surface area contributed by atoms with E-state index in [1.165, 1.54) is 24.1 Å². The molecule has 0 bridgehead atoms. The SMILES string of the molecule is OC1(Cc2ccc(Br)s2)CCCCC1. The molecule has 1 N–H and O–H groups in total. The first-order valence-electron chi connectivity index (χ1n) is 5.15. The second kappa shape index (κ2) is 4.33. The van der Waals surface area contributed by atoms with Crippen LogP contribution in [-0.4, -0.2) is 10.7 Å². The number of halogens is 1. The number of hydrogen-bond donors (Lipinski definition) is 1. The minimum atomic E-state index is -0.414. The molecule has 0 aromatic carbocycles. The quantitative estimate of drug-likeness (QED) is 0.871. The molecule has 1 aromatic rings. The lowest BCUT2D eigenvalue weighted by Crippen LogP contribution is -2.33. The lowest BCUT2D eigenvalue weighted by atomic mass is 9.82. The summed E-state index contributed by atoms with van der Waals surface area (Å²) < 4.78 is 1.16. The highest BCUT2D eigenvalue weighted by atomic mass is 79.9. The summed E-state index contributed by atoms with van der Waals surface area (Å²) in [5.41, 5.74) is -0.414. The highest BCUT2D eigenvalue weighted by Crippen LogP contribution is 2.33. The molecule has 14 heavy (non-hydrogen) atoms. The predicted molar refractivity (Wildman–Crippen MR) is 63.8 cm³/mol. The van der Waals surface area contributed by atoms with Crippen molar-refractivity contribution in [1.29, 1.82) is 0 Å². The Morgan fingerprint density at radius 2 is 2.00 bits per heavy atom. The molecule has 3 heteroatoms. The molecule has 0 amide bonds. The van der Waals surface area contributed by atoms with Crippen LogP contribution >= 0.6 is 27.3 Å². The first-order chi connectivity index (χ1) is 6.68. The molecule has 0 saturated heterocycles. The molecule has 1 aliphatic rings. The van der Waals surface area contributed by atoms with Gasteiger partial charge < -0.3 is 5.11 Å². The van der Waals surface area contributed by atoms with Crippen LogP contribution in [0.1, 0.15) is 37.0 Å². The van der Waals surface area contributed by atoms with E-state index in [0.717, 1.165) is 23.0 Å². The van der Waals surface area contributed by atoms with Crippen LogP contribution in [0.25, 0.3) is 0 Å². The van der Waals surface area contributed by atoms with Gasteiger partial charge in [0, 0.05) is 11.3 Å². The van der Waals surface area contributed by atoms with Gasteiger partial charge in [-0.05, 0) is 40.9 Å². The number of aliphatic hydroxyl groups is 1. The Bertz CT molecular complexity index is 302. The molecule has 1 heterocycles. The number of thiophene rings is 1. The average molecular weight is 275 g/mol. The van der Waals surface area contributed by atoms with Crippen molar-refractivity contribution >= 4 is 27.3 Å². The molecule has 1 aliphatic carbocycles. The Balaban J connectivity index is 2.01. The Morgan fingerprint density at radius 1 is 1.29 bits per heavy atom.